The van der Waals surface area contributed by atoms with E-state index in [-0.39, 0.29) is 37.5 Å². The molecule has 2 fully saturated rings. The molecule has 0 bridgehead atoms. The minimum absolute atomic E-state index is 0.0687. The van der Waals surface area contributed by atoms with Gasteiger partial charge in [-0.3, -0.25) is 0 Å². The molecule has 30 heavy (non-hydrogen) atoms. The van der Waals surface area contributed by atoms with Gasteiger partial charge in [-0.25, -0.2) is 28.1 Å². The molecule has 2 saturated heterocycles. The maximum Gasteiger partial charge on any atom is 0.336 e. The van der Waals surface area contributed by atoms with E-state index < -0.39 is 17.1 Å². The molecule has 0 saturated carbocycles. The summed E-state index contributed by atoms with van der Waals surface area (Å²) >= 11 is 0. The first-order chi connectivity index (χ1) is 14.4. The second-order valence-corrected chi connectivity index (χ2v) is 8.09. The molecule has 10 nitrogen and oxygen atoms in total. The van der Waals surface area contributed by atoms with Crippen molar-refractivity contribution in [3.8, 4) is 0 Å². The van der Waals surface area contributed by atoms with Crippen molar-refractivity contribution in [2.75, 3.05) is 39.6 Å². The summed E-state index contributed by atoms with van der Waals surface area (Å²) in [6.45, 7) is 6.90. The summed E-state index contributed by atoms with van der Waals surface area (Å²) in [5, 5.41) is 0. The molecule has 2 unspecified atom stereocenters. The lowest BCUT2D eigenvalue weighted by molar-refractivity contribution is -0.182. The number of hydrogen-bond donors (Lipinski definition) is 0. The van der Waals surface area contributed by atoms with E-state index >= 15 is 0 Å². The zero-order chi connectivity index (χ0) is 21.8. The Kier molecular flexibility index (Phi) is 7.33. The van der Waals surface area contributed by atoms with Crippen LogP contribution in [0.1, 0.15) is 39.5 Å². The van der Waals surface area contributed by atoms with Crippen molar-refractivity contribution in [2.45, 2.75) is 63.8 Å². The number of ether oxygens (including phenoxy) is 4. The van der Waals surface area contributed by atoms with Crippen molar-refractivity contribution < 1.29 is 18.9 Å². The Balaban J connectivity index is 1.60. The van der Waals surface area contributed by atoms with Crippen molar-refractivity contribution in [1.29, 1.82) is 0 Å². The first-order valence-electron chi connectivity index (χ1n) is 10.7. The second kappa shape index (κ2) is 9.59. The molecule has 2 atom stereocenters. The van der Waals surface area contributed by atoms with Gasteiger partial charge in [-0.05, 0) is 12.8 Å². The Morgan fingerprint density at radius 3 is 1.50 bits per heavy atom. The fourth-order valence-electron chi connectivity index (χ4n) is 3.73. The second-order valence-electron chi connectivity index (χ2n) is 8.09. The van der Waals surface area contributed by atoms with Gasteiger partial charge in [0.1, 0.15) is 0 Å². The molecule has 3 heterocycles. The van der Waals surface area contributed by atoms with E-state index in [1.807, 2.05) is 13.8 Å². The largest absolute Gasteiger partial charge is 0.377 e. The Labute approximate surface area is 175 Å². The molecule has 3 rings (SSSR count). The number of aromatic nitrogens is 3. The fraction of sp³-hybridized carbons (Fsp3) is 0.850. The number of rotatable bonds is 12. The van der Waals surface area contributed by atoms with Gasteiger partial charge in [0.2, 0.25) is 0 Å². The summed E-state index contributed by atoms with van der Waals surface area (Å²) in [7, 11) is 1.36. The van der Waals surface area contributed by atoms with E-state index in [9.17, 15) is 14.4 Å². The summed E-state index contributed by atoms with van der Waals surface area (Å²) in [5.41, 5.74) is -2.43. The average Bonchev–Trinajstić information content (AvgIpc) is 2.68. The number of hydrogen-bond acceptors (Lipinski definition) is 7. The summed E-state index contributed by atoms with van der Waals surface area (Å²) < 4.78 is 25.5. The summed E-state index contributed by atoms with van der Waals surface area (Å²) in [4.78, 5) is 37.6. The standard InChI is InChI=1S/C20H33N3O7/c1-4-19(6-10-29-19)14-27-12-8-22-16(24)21(3)17(25)23(18(22)26)9-13-28-15-20(5-2)7-11-30-20/h4-15H2,1-3H3. The van der Waals surface area contributed by atoms with Crippen LogP contribution in [0.15, 0.2) is 14.4 Å². The van der Waals surface area contributed by atoms with Gasteiger partial charge >= 0.3 is 17.1 Å². The van der Waals surface area contributed by atoms with Crippen LogP contribution in [0.25, 0.3) is 0 Å². The van der Waals surface area contributed by atoms with Gasteiger partial charge in [0, 0.05) is 19.9 Å². The van der Waals surface area contributed by atoms with Gasteiger partial charge in [-0.15, -0.1) is 0 Å². The normalized spacial score (nSPS) is 25.7. The van der Waals surface area contributed by atoms with Crippen molar-refractivity contribution >= 4 is 0 Å². The van der Waals surface area contributed by atoms with E-state index in [1.165, 1.54) is 7.05 Å². The summed E-state index contributed by atoms with van der Waals surface area (Å²) in [6, 6.07) is 0. The van der Waals surface area contributed by atoms with Gasteiger partial charge in [-0.1, -0.05) is 13.8 Å². The Bertz CT molecular complexity index is 814. The van der Waals surface area contributed by atoms with Crippen LogP contribution in [0, 0.1) is 0 Å². The van der Waals surface area contributed by atoms with Crippen LogP contribution in [0.2, 0.25) is 0 Å². The average molecular weight is 427 g/mol. The summed E-state index contributed by atoms with van der Waals surface area (Å²) in [6.07, 6.45) is 3.59. The van der Waals surface area contributed by atoms with Crippen LogP contribution in [0.4, 0.5) is 0 Å². The minimum Gasteiger partial charge on any atom is -0.377 e. The van der Waals surface area contributed by atoms with E-state index in [2.05, 4.69) is 0 Å². The highest BCUT2D eigenvalue weighted by Crippen LogP contribution is 2.30. The lowest BCUT2D eigenvalue weighted by Gasteiger charge is -2.41. The van der Waals surface area contributed by atoms with Crippen LogP contribution in [0.3, 0.4) is 0 Å². The first kappa shape index (κ1) is 22.9. The molecule has 0 aromatic carbocycles. The topological polar surface area (TPSA) is 103 Å². The smallest absolute Gasteiger partial charge is 0.336 e. The molecule has 0 spiro atoms. The molecular formula is C20H33N3O7. The fourth-order valence-corrected chi connectivity index (χ4v) is 3.73. The van der Waals surface area contributed by atoms with Crippen LogP contribution >= 0.6 is 0 Å². The third-order valence-corrected chi connectivity index (χ3v) is 6.37. The van der Waals surface area contributed by atoms with Gasteiger partial charge in [0.05, 0.1) is 63.9 Å². The predicted molar refractivity (Wildman–Crippen MR) is 109 cm³/mol. The lowest BCUT2D eigenvalue weighted by Crippen LogP contribution is -2.54. The maximum absolute atomic E-state index is 12.7. The van der Waals surface area contributed by atoms with Crippen molar-refractivity contribution in [3.63, 3.8) is 0 Å². The lowest BCUT2D eigenvalue weighted by atomic mass is 9.93. The van der Waals surface area contributed by atoms with Crippen molar-refractivity contribution in [2.24, 2.45) is 7.05 Å². The number of nitrogens with zero attached hydrogens (tertiary/aromatic N) is 3. The molecule has 2 aliphatic heterocycles. The van der Waals surface area contributed by atoms with Crippen LogP contribution in [0.5, 0.6) is 0 Å². The predicted octanol–water partition coefficient (Wildman–Crippen LogP) is -0.120. The van der Waals surface area contributed by atoms with Crippen molar-refractivity contribution in [1.82, 2.24) is 13.7 Å². The molecule has 0 N–H and O–H groups in total. The summed E-state index contributed by atoms with van der Waals surface area (Å²) in [5.74, 6) is 0. The van der Waals surface area contributed by atoms with Gasteiger partial charge in [0.15, 0.2) is 0 Å². The highest BCUT2D eigenvalue weighted by atomic mass is 16.6. The maximum atomic E-state index is 12.7. The van der Waals surface area contributed by atoms with Crippen LogP contribution in [-0.2, 0) is 39.1 Å². The molecule has 0 aliphatic carbocycles. The highest BCUT2D eigenvalue weighted by Gasteiger charge is 2.37. The SMILES string of the molecule is CCC1(COCCn2c(=O)n(C)c(=O)n(CCOCC3(CC)CCO3)c2=O)CCO1. The monoisotopic (exact) mass is 427 g/mol. The van der Waals surface area contributed by atoms with Gasteiger partial charge < -0.3 is 18.9 Å². The highest BCUT2D eigenvalue weighted by molar-refractivity contribution is 4.87. The Morgan fingerprint density at radius 1 is 0.800 bits per heavy atom. The van der Waals surface area contributed by atoms with Crippen LogP contribution in [-0.4, -0.2) is 64.5 Å². The molecular weight excluding hydrogens is 394 g/mol. The zero-order valence-electron chi connectivity index (χ0n) is 18.2. The van der Waals surface area contributed by atoms with E-state index in [4.69, 9.17) is 18.9 Å². The Hall–Kier alpha value is -1.75. The molecule has 2 aliphatic rings. The molecule has 1 aromatic heterocycles. The van der Waals surface area contributed by atoms with Crippen LogP contribution < -0.4 is 17.1 Å². The zero-order valence-corrected chi connectivity index (χ0v) is 18.2. The van der Waals surface area contributed by atoms with Gasteiger partial charge in [-0.2, -0.15) is 0 Å². The quantitative estimate of drug-likeness (QED) is 0.429. The molecule has 0 radical (unpaired) electrons. The third kappa shape index (κ3) is 4.61. The van der Waals surface area contributed by atoms with E-state index in [1.54, 1.807) is 0 Å². The first-order valence-corrected chi connectivity index (χ1v) is 10.7. The molecule has 0 amide bonds. The molecule has 1 aromatic rings. The van der Waals surface area contributed by atoms with Gasteiger partial charge in [0.25, 0.3) is 0 Å². The van der Waals surface area contributed by atoms with E-state index in [0.717, 1.165) is 52.6 Å². The molecule has 170 valence electrons. The van der Waals surface area contributed by atoms with Crippen molar-refractivity contribution in [3.05, 3.63) is 31.5 Å². The minimum atomic E-state index is -0.649. The Morgan fingerprint density at radius 2 is 1.20 bits per heavy atom. The molecule has 10 heteroatoms. The van der Waals surface area contributed by atoms with E-state index in [0.29, 0.717) is 13.2 Å². The third-order valence-electron chi connectivity index (χ3n) is 6.37.